The van der Waals surface area contributed by atoms with Gasteiger partial charge >= 0.3 is 0 Å². The molecule has 0 aliphatic heterocycles. The standard InChI is InChI=1S/C21H19N5O2S2/c27-30(28,26-18-7-3-4-12-22-18)15-10-8-14(9-11-15)25-20-19-16-5-1-2-6-17(16)29-21(19)24-13-23-20/h3-4,7-13H,1-2,5-6H2,(H,22,26)(H,23,24,25). The van der Waals surface area contributed by atoms with E-state index in [9.17, 15) is 8.42 Å². The molecule has 30 heavy (non-hydrogen) atoms. The number of nitrogens with one attached hydrogen (secondary N) is 2. The minimum atomic E-state index is -3.70. The quantitative estimate of drug-likeness (QED) is 0.477. The first-order valence-corrected chi connectivity index (χ1v) is 12.0. The second-order valence-electron chi connectivity index (χ2n) is 7.08. The Kier molecular flexibility index (Phi) is 4.84. The van der Waals surface area contributed by atoms with Crippen LogP contribution >= 0.6 is 11.3 Å². The highest BCUT2D eigenvalue weighted by Gasteiger charge is 2.20. The van der Waals surface area contributed by atoms with Gasteiger partial charge in [0.15, 0.2) is 0 Å². The average molecular weight is 438 g/mol. The third-order valence-electron chi connectivity index (χ3n) is 5.08. The molecule has 0 spiro atoms. The van der Waals surface area contributed by atoms with E-state index in [-0.39, 0.29) is 10.7 Å². The molecule has 0 atom stereocenters. The molecule has 0 radical (unpaired) electrons. The molecule has 1 aliphatic rings. The van der Waals surface area contributed by atoms with Gasteiger partial charge in [-0.2, -0.15) is 0 Å². The molecule has 0 saturated carbocycles. The number of aryl methyl sites for hydroxylation is 2. The van der Waals surface area contributed by atoms with Gasteiger partial charge in [0.05, 0.1) is 10.3 Å². The van der Waals surface area contributed by atoms with E-state index in [2.05, 4.69) is 25.0 Å². The molecule has 0 fully saturated rings. The molecule has 3 aromatic heterocycles. The summed E-state index contributed by atoms with van der Waals surface area (Å²) in [6.07, 6.45) is 7.67. The zero-order chi connectivity index (χ0) is 20.6. The minimum absolute atomic E-state index is 0.166. The Morgan fingerprint density at radius 1 is 0.933 bits per heavy atom. The lowest BCUT2D eigenvalue weighted by Crippen LogP contribution is -2.13. The van der Waals surface area contributed by atoms with Crippen LogP contribution in [0.2, 0.25) is 0 Å². The summed E-state index contributed by atoms with van der Waals surface area (Å²) in [5, 5.41) is 4.43. The largest absolute Gasteiger partial charge is 0.340 e. The minimum Gasteiger partial charge on any atom is -0.340 e. The number of thiophene rings is 1. The molecule has 0 amide bonds. The molecular formula is C21H19N5O2S2. The Hall–Kier alpha value is -3.04. The summed E-state index contributed by atoms with van der Waals surface area (Å²) >= 11 is 1.75. The van der Waals surface area contributed by atoms with E-state index in [1.54, 1.807) is 60.1 Å². The fourth-order valence-corrected chi connectivity index (χ4v) is 5.90. The first-order chi connectivity index (χ1) is 14.6. The number of anilines is 3. The van der Waals surface area contributed by atoms with E-state index >= 15 is 0 Å². The van der Waals surface area contributed by atoms with Crippen LogP contribution in [-0.4, -0.2) is 23.4 Å². The van der Waals surface area contributed by atoms with Crippen LogP contribution in [-0.2, 0) is 22.9 Å². The van der Waals surface area contributed by atoms with Crippen molar-refractivity contribution < 1.29 is 8.42 Å². The number of hydrogen-bond acceptors (Lipinski definition) is 7. The van der Waals surface area contributed by atoms with Gasteiger partial charge in [0.25, 0.3) is 10.0 Å². The van der Waals surface area contributed by atoms with Gasteiger partial charge in [-0.25, -0.2) is 23.4 Å². The summed E-state index contributed by atoms with van der Waals surface area (Å²) in [4.78, 5) is 15.5. The van der Waals surface area contributed by atoms with Crippen LogP contribution < -0.4 is 10.0 Å². The Morgan fingerprint density at radius 3 is 2.57 bits per heavy atom. The van der Waals surface area contributed by atoms with E-state index < -0.39 is 10.0 Å². The van der Waals surface area contributed by atoms with Crippen molar-refractivity contribution in [2.24, 2.45) is 0 Å². The maximum Gasteiger partial charge on any atom is 0.263 e. The van der Waals surface area contributed by atoms with Crippen LogP contribution in [0.5, 0.6) is 0 Å². The molecule has 2 N–H and O–H groups in total. The number of hydrogen-bond donors (Lipinski definition) is 2. The summed E-state index contributed by atoms with van der Waals surface area (Å²) in [7, 11) is -3.70. The maximum absolute atomic E-state index is 12.6. The van der Waals surface area contributed by atoms with Crippen molar-refractivity contribution in [3.05, 3.63) is 65.4 Å². The van der Waals surface area contributed by atoms with Crippen molar-refractivity contribution >= 4 is 48.9 Å². The van der Waals surface area contributed by atoms with Crippen LogP contribution in [0.4, 0.5) is 17.3 Å². The SMILES string of the molecule is O=S(=O)(Nc1ccccn1)c1ccc(Nc2ncnc3sc4c(c23)CCCC4)cc1. The molecule has 5 rings (SSSR count). The molecule has 7 nitrogen and oxygen atoms in total. The van der Waals surface area contributed by atoms with Crippen molar-refractivity contribution in [3.63, 3.8) is 0 Å². The van der Waals surface area contributed by atoms with Crippen LogP contribution in [0.25, 0.3) is 10.2 Å². The summed E-state index contributed by atoms with van der Waals surface area (Å²) in [6, 6.07) is 11.7. The van der Waals surface area contributed by atoms with Crippen molar-refractivity contribution in [2.75, 3.05) is 10.0 Å². The lowest BCUT2D eigenvalue weighted by molar-refractivity contribution is 0.601. The Morgan fingerprint density at radius 2 is 1.77 bits per heavy atom. The normalized spacial score (nSPS) is 13.7. The molecule has 9 heteroatoms. The molecule has 152 valence electrons. The van der Waals surface area contributed by atoms with Gasteiger partial charge in [-0.3, -0.25) is 4.72 Å². The number of pyridine rings is 1. The Bertz CT molecular complexity index is 1300. The Balaban J connectivity index is 1.41. The highest BCUT2D eigenvalue weighted by Crippen LogP contribution is 2.38. The number of nitrogens with zero attached hydrogens (tertiary/aromatic N) is 3. The predicted molar refractivity (Wildman–Crippen MR) is 119 cm³/mol. The fourth-order valence-electron chi connectivity index (χ4n) is 3.66. The smallest absolute Gasteiger partial charge is 0.263 e. The zero-order valence-corrected chi connectivity index (χ0v) is 17.6. The monoisotopic (exact) mass is 437 g/mol. The lowest BCUT2D eigenvalue weighted by Gasteiger charge is -2.13. The first kappa shape index (κ1) is 19.0. The van der Waals surface area contributed by atoms with Crippen LogP contribution in [0.1, 0.15) is 23.3 Å². The summed E-state index contributed by atoms with van der Waals surface area (Å²) in [5.41, 5.74) is 2.12. The van der Waals surface area contributed by atoms with Crippen LogP contribution in [0.3, 0.4) is 0 Å². The molecule has 1 aliphatic carbocycles. The highest BCUT2D eigenvalue weighted by atomic mass is 32.2. The predicted octanol–water partition coefficient (Wildman–Crippen LogP) is 4.51. The van der Waals surface area contributed by atoms with Gasteiger partial charge in [0.1, 0.15) is 22.8 Å². The molecule has 1 aromatic carbocycles. The summed E-state index contributed by atoms with van der Waals surface area (Å²) in [6.45, 7) is 0. The summed E-state index contributed by atoms with van der Waals surface area (Å²) < 4.78 is 27.6. The fraction of sp³-hybridized carbons (Fsp3) is 0.190. The number of fused-ring (bicyclic) bond motifs is 3. The molecule has 0 saturated heterocycles. The van der Waals surface area contributed by atoms with Crippen molar-refractivity contribution in [1.29, 1.82) is 0 Å². The van der Waals surface area contributed by atoms with E-state index in [4.69, 9.17) is 0 Å². The van der Waals surface area contributed by atoms with Gasteiger partial charge in [0, 0.05) is 16.8 Å². The van der Waals surface area contributed by atoms with Gasteiger partial charge in [-0.1, -0.05) is 6.07 Å². The summed E-state index contributed by atoms with van der Waals surface area (Å²) in [5.74, 6) is 1.05. The van der Waals surface area contributed by atoms with E-state index in [0.29, 0.717) is 0 Å². The lowest BCUT2D eigenvalue weighted by atomic mass is 9.97. The van der Waals surface area contributed by atoms with Gasteiger partial charge in [0.2, 0.25) is 0 Å². The zero-order valence-electron chi connectivity index (χ0n) is 16.0. The van der Waals surface area contributed by atoms with Gasteiger partial charge in [-0.05, 0) is 67.6 Å². The number of sulfonamides is 1. The topological polar surface area (TPSA) is 96.9 Å². The molecule has 4 aromatic rings. The number of rotatable bonds is 5. The molecule has 3 heterocycles. The first-order valence-electron chi connectivity index (χ1n) is 9.66. The van der Waals surface area contributed by atoms with Crippen molar-refractivity contribution in [1.82, 2.24) is 15.0 Å². The Labute approximate surface area is 178 Å². The third-order valence-corrected chi connectivity index (χ3v) is 7.65. The second-order valence-corrected chi connectivity index (χ2v) is 9.85. The van der Waals surface area contributed by atoms with E-state index in [1.807, 2.05) is 0 Å². The van der Waals surface area contributed by atoms with E-state index in [1.165, 1.54) is 29.5 Å². The highest BCUT2D eigenvalue weighted by molar-refractivity contribution is 7.92. The third kappa shape index (κ3) is 3.61. The number of aromatic nitrogens is 3. The average Bonchev–Trinajstić information content (AvgIpc) is 3.14. The van der Waals surface area contributed by atoms with Crippen molar-refractivity contribution in [2.45, 2.75) is 30.6 Å². The molecule has 0 unspecified atom stereocenters. The molecule has 0 bridgehead atoms. The number of benzene rings is 1. The molecular weight excluding hydrogens is 418 g/mol. The van der Waals surface area contributed by atoms with Gasteiger partial charge < -0.3 is 5.32 Å². The maximum atomic E-state index is 12.6. The second kappa shape index (κ2) is 7.66. The van der Waals surface area contributed by atoms with Crippen molar-refractivity contribution in [3.8, 4) is 0 Å². The van der Waals surface area contributed by atoms with E-state index in [0.717, 1.165) is 34.6 Å². The van der Waals surface area contributed by atoms with Crippen LogP contribution in [0, 0.1) is 0 Å². The van der Waals surface area contributed by atoms with Crippen LogP contribution in [0.15, 0.2) is 59.9 Å². The van der Waals surface area contributed by atoms with Gasteiger partial charge in [-0.15, -0.1) is 11.3 Å².